The SMILES string of the molecule is CCCCCCCCCCCCCCCCCCN.Cc1ccccn1.Cl. The minimum absolute atomic E-state index is 0. The Hall–Kier alpha value is -0.600. The zero-order valence-electron chi connectivity index (χ0n) is 18.3. The van der Waals surface area contributed by atoms with Crippen LogP contribution in [0.25, 0.3) is 0 Å². The molecule has 3 heteroatoms. The minimum Gasteiger partial charge on any atom is -0.330 e. The van der Waals surface area contributed by atoms with Gasteiger partial charge in [-0.25, -0.2) is 0 Å². The molecule has 0 aromatic carbocycles. The van der Waals surface area contributed by atoms with Crippen molar-refractivity contribution in [2.75, 3.05) is 6.54 Å². The van der Waals surface area contributed by atoms with E-state index >= 15 is 0 Å². The number of aryl methyl sites for hydroxylation is 1. The zero-order valence-corrected chi connectivity index (χ0v) is 19.1. The minimum atomic E-state index is 0. The summed E-state index contributed by atoms with van der Waals surface area (Å²) in [6, 6.07) is 5.86. The van der Waals surface area contributed by atoms with E-state index in [1.807, 2.05) is 25.1 Å². The van der Waals surface area contributed by atoms with Gasteiger partial charge >= 0.3 is 0 Å². The average molecular weight is 399 g/mol. The first-order chi connectivity index (χ1) is 12.8. The van der Waals surface area contributed by atoms with Gasteiger partial charge < -0.3 is 5.73 Å². The molecule has 1 rings (SSSR count). The van der Waals surface area contributed by atoms with Crippen LogP contribution in [-0.4, -0.2) is 11.5 Å². The number of halogens is 1. The molecule has 0 bridgehead atoms. The molecule has 160 valence electrons. The number of rotatable bonds is 16. The Morgan fingerprint density at radius 2 is 1.07 bits per heavy atom. The lowest BCUT2D eigenvalue weighted by molar-refractivity contribution is 0.530. The molecule has 0 fully saturated rings. The monoisotopic (exact) mass is 398 g/mol. The summed E-state index contributed by atoms with van der Waals surface area (Å²) in [5.74, 6) is 0. The van der Waals surface area contributed by atoms with Crippen molar-refractivity contribution in [1.82, 2.24) is 4.98 Å². The number of nitrogens with zero attached hydrogens (tertiary/aromatic N) is 1. The molecule has 0 radical (unpaired) electrons. The topological polar surface area (TPSA) is 38.9 Å². The molecular weight excluding hydrogens is 352 g/mol. The van der Waals surface area contributed by atoms with Crippen LogP contribution in [0.2, 0.25) is 0 Å². The number of nitrogens with two attached hydrogens (primary N) is 1. The van der Waals surface area contributed by atoms with Gasteiger partial charge in [0.1, 0.15) is 0 Å². The normalized spacial score (nSPS) is 10.0. The molecule has 0 atom stereocenters. The van der Waals surface area contributed by atoms with Crippen molar-refractivity contribution >= 4 is 12.4 Å². The van der Waals surface area contributed by atoms with Gasteiger partial charge in [0.15, 0.2) is 0 Å². The lowest BCUT2D eigenvalue weighted by atomic mass is 10.0. The maximum Gasteiger partial charge on any atom is 0.0372 e. The Bertz CT molecular complexity index is 341. The molecule has 0 aliphatic rings. The van der Waals surface area contributed by atoms with Gasteiger partial charge in [-0.15, -0.1) is 12.4 Å². The van der Waals surface area contributed by atoms with Crippen LogP contribution in [0.1, 0.15) is 115 Å². The summed E-state index contributed by atoms with van der Waals surface area (Å²) >= 11 is 0. The van der Waals surface area contributed by atoms with Gasteiger partial charge in [-0.1, -0.05) is 109 Å². The number of unbranched alkanes of at least 4 members (excludes halogenated alkanes) is 15. The van der Waals surface area contributed by atoms with E-state index in [1.54, 1.807) is 6.20 Å². The van der Waals surface area contributed by atoms with E-state index in [9.17, 15) is 0 Å². The lowest BCUT2D eigenvalue weighted by Crippen LogP contribution is -1.97. The summed E-state index contributed by atoms with van der Waals surface area (Å²) in [5, 5.41) is 0. The third kappa shape index (κ3) is 25.4. The van der Waals surface area contributed by atoms with E-state index in [-0.39, 0.29) is 12.4 Å². The second-order valence-corrected chi connectivity index (χ2v) is 7.56. The van der Waals surface area contributed by atoms with Crippen molar-refractivity contribution < 1.29 is 0 Å². The highest BCUT2D eigenvalue weighted by atomic mass is 35.5. The van der Waals surface area contributed by atoms with Crippen molar-refractivity contribution in [3.63, 3.8) is 0 Å². The van der Waals surface area contributed by atoms with E-state index in [0.717, 1.165) is 12.2 Å². The van der Waals surface area contributed by atoms with Gasteiger partial charge in [-0.05, 0) is 32.0 Å². The van der Waals surface area contributed by atoms with Crippen molar-refractivity contribution in [3.8, 4) is 0 Å². The maximum absolute atomic E-state index is 5.48. The second-order valence-electron chi connectivity index (χ2n) is 7.56. The first kappa shape index (κ1) is 28.6. The molecule has 0 aliphatic heterocycles. The van der Waals surface area contributed by atoms with Crippen LogP contribution in [0.15, 0.2) is 24.4 Å². The van der Waals surface area contributed by atoms with Crippen LogP contribution >= 0.6 is 12.4 Å². The largest absolute Gasteiger partial charge is 0.330 e. The van der Waals surface area contributed by atoms with E-state index in [0.29, 0.717) is 0 Å². The summed E-state index contributed by atoms with van der Waals surface area (Å²) in [5.41, 5.74) is 6.55. The lowest BCUT2D eigenvalue weighted by Gasteiger charge is -2.03. The number of aromatic nitrogens is 1. The second kappa shape index (κ2) is 25.4. The van der Waals surface area contributed by atoms with Crippen LogP contribution in [0.3, 0.4) is 0 Å². The van der Waals surface area contributed by atoms with Crippen LogP contribution < -0.4 is 5.73 Å². The summed E-state index contributed by atoms with van der Waals surface area (Å²) < 4.78 is 0. The third-order valence-corrected chi connectivity index (χ3v) is 4.87. The Balaban J connectivity index is 0. The third-order valence-electron chi connectivity index (χ3n) is 4.87. The Morgan fingerprint density at radius 1 is 0.667 bits per heavy atom. The zero-order chi connectivity index (χ0) is 19.1. The highest BCUT2D eigenvalue weighted by molar-refractivity contribution is 5.85. The van der Waals surface area contributed by atoms with Crippen LogP contribution in [0, 0.1) is 6.92 Å². The average Bonchev–Trinajstić information content (AvgIpc) is 2.66. The molecule has 0 saturated carbocycles. The molecule has 0 unspecified atom stereocenters. The first-order valence-electron chi connectivity index (χ1n) is 11.4. The molecule has 2 nitrogen and oxygen atoms in total. The summed E-state index contributed by atoms with van der Waals surface area (Å²) in [6.07, 6.45) is 24.6. The van der Waals surface area contributed by atoms with Crippen LogP contribution in [0.4, 0.5) is 0 Å². The quantitative estimate of drug-likeness (QED) is 0.286. The van der Waals surface area contributed by atoms with Gasteiger partial charge in [-0.3, -0.25) is 4.98 Å². The summed E-state index contributed by atoms with van der Waals surface area (Å²) in [7, 11) is 0. The molecule has 0 aliphatic carbocycles. The van der Waals surface area contributed by atoms with Gasteiger partial charge in [0.05, 0.1) is 0 Å². The molecule has 27 heavy (non-hydrogen) atoms. The van der Waals surface area contributed by atoms with Crippen molar-refractivity contribution in [2.45, 2.75) is 117 Å². The van der Waals surface area contributed by atoms with E-state index < -0.39 is 0 Å². The van der Waals surface area contributed by atoms with Gasteiger partial charge in [-0.2, -0.15) is 0 Å². The van der Waals surface area contributed by atoms with Gasteiger partial charge in [0.2, 0.25) is 0 Å². The van der Waals surface area contributed by atoms with E-state index in [4.69, 9.17) is 5.73 Å². The number of hydrogen-bond donors (Lipinski definition) is 1. The highest BCUT2D eigenvalue weighted by Crippen LogP contribution is 2.13. The van der Waals surface area contributed by atoms with Crippen molar-refractivity contribution in [1.29, 1.82) is 0 Å². The predicted octanol–water partition coefficient (Wildman–Crippen LogP) is 8.02. The fourth-order valence-corrected chi connectivity index (χ4v) is 3.14. The molecule has 0 saturated heterocycles. The fraction of sp³-hybridized carbons (Fsp3) is 0.792. The number of pyridine rings is 1. The Kier molecular flexibility index (Phi) is 26.9. The van der Waals surface area contributed by atoms with Crippen LogP contribution in [0.5, 0.6) is 0 Å². The van der Waals surface area contributed by atoms with E-state index in [1.165, 1.54) is 103 Å². The smallest absolute Gasteiger partial charge is 0.0372 e. The highest BCUT2D eigenvalue weighted by Gasteiger charge is 1.94. The van der Waals surface area contributed by atoms with Gasteiger partial charge in [0, 0.05) is 11.9 Å². The van der Waals surface area contributed by atoms with Crippen molar-refractivity contribution in [3.05, 3.63) is 30.1 Å². The summed E-state index contributed by atoms with van der Waals surface area (Å²) in [6.45, 7) is 5.14. The van der Waals surface area contributed by atoms with Gasteiger partial charge in [0.25, 0.3) is 0 Å². The summed E-state index contributed by atoms with van der Waals surface area (Å²) in [4.78, 5) is 3.98. The molecule has 0 amide bonds. The standard InChI is InChI=1S/C18H39N.C6H7N.ClH/c1-2-3-4-5-6-7-8-9-10-11-12-13-14-15-16-17-18-19;1-6-4-2-3-5-7-6;/h2-19H2,1H3;2-5H,1H3;1H. The Labute approximate surface area is 176 Å². The maximum atomic E-state index is 5.48. The Morgan fingerprint density at radius 3 is 1.33 bits per heavy atom. The predicted molar refractivity (Wildman–Crippen MR) is 125 cm³/mol. The molecule has 0 spiro atoms. The molecule has 1 aromatic rings. The van der Waals surface area contributed by atoms with Crippen molar-refractivity contribution in [2.24, 2.45) is 5.73 Å². The van der Waals surface area contributed by atoms with Crippen LogP contribution in [-0.2, 0) is 0 Å². The molecule has 2 N–H and O–H groups in total. The molecular formula is C24H47ClN2. The molecule has 1 heterocycles. The number of hydrogen-bond acceptors (Lipinski definition) is 2. The fourth-order valence-electron chi connectivity index (χ4n) is 3.14. The molecule has 1 aromatic heterocycles. The first-order valence-corrected chi connectivity index (χ1v) is 11.4. The van der Waals surface area contributed by atoms with E-state index in [2.05, 4.69) is 11.9 Å².